The first-order valence-electron chi connectivity index (χ1n) is 14.9. The van der Waals surface area contributed by atoms with E-state index in [0.29, 0.717) is 5.92 Å². The van der Waals surface area contributed by atoms with Crippen molar-refractivity contribution in [2.75, 3.05) is 0 Å². The number of benzene rings is 4. The average molecular weight is 517 g/mol. The number of aryl methyl sites for hydroxylation is 2. The predicted octanol–water partition coefficient (Wildman–Crippen LogP) is 9.85. The summed E-state index contributed by atoms with van der Waals surface area (Å²) >= 11 is 0. The predicted molar refractivity (Wildman–Crippen MR) is 168 cm³/mol. The Morgan fingerprint density at radius 2 is 1.32 bits per heavy atom. The molecule has 0 amide bonds. The number of fused-ring (bicyclic) bond motifs is 1. The summed E-state index contributed by atoms with van der Waals surface area (Å²) in [6.07, 6.45) is 7.44. The van der Waals surface area contributed by atoms with E-state index < -0.39 is 0 Å². The van der Waals surface area contributed by atoms with Crippen LogP contribution in [0.15, 0.2) is 114 Å². The second-order valence-corrected chi connectivity index (χ2v) is 11.9. The van der Waals surface area contributed by atoms with Gasteiger partial charge in [-0.2, -0.15) is 0 Å². The SMILES string of the molecule is Cc1ccc(C#CC2=C(C(=C3CCC3)c3ccc(C)cc3)C(c3ccccc3)(C3CCC3)c3ccccc32)cc1. The van der Waals surface area contributed by atoms with Crippen molar-refractivity contribution in [3.63, 3.8) is 0 Å². The third kappa shape index (κ3) is 4.00. The van der Waals surface area contributed by atoms with Gasteiger partial charge in [-0.05, 0) is 97.4 Å². The first kappa shape index (κ1) is 24.9. The largest absolute Gasteiger partial charge is 0.0622 e. The van der Waals surface area contributed by atoms with Crippen LogP contribution in [-0.2, 0) is 5.41 Å². The molecule has 0 spiro atoms. The van der Waals surface area contributed by atoms with Gasteiger partial charge in [0.1, 0.15) is 0 Å². The lowest BCUT2D eigenvalue weighted by Crippen LogP contribution is -2.41. The summed E-state index contributed by atoms with van der Waals surface area (Å²) < 4.78 is 0. The van der Waals surface area contributed by atoms with E-state index in [-0.39, 0.29) is 5.41 Å². The highest BCUT2D eigenvalue weighted by atomic mass is 14.6. The first-order chi connectivity index (χ1) is 19.7. The van der Waals surface area contributed by atoms with Crippen molar-refractivity contribution >= 4 is 11.1 Å². The van der Waals surface area contributed by atoms with Gasteiger partial charge in [-0.15, -0.1) is 0 Å². The molecule has 0 bridgehead atoms. The van der Waals surface area contributed by atoms with Gasteiger partial charge >= 0.3 is 0 Å². The average Bonchev–Trinajstić information content (AvgIpc) is 3.21. The Morgan fingerprint density at radius 3 is 1.95 bits per heavy atom. The maximum Gasteiger partial charge on any atom is 0.0504 e. The van der Waals surface area contributed by atoms with E-state index in [0.717, 1.165) is 5.56 Å². The number of hydrogen-bond acceptors (Lipinski definition) is 0. The molecule has 1 atom stereocenters. The Balaban J connectivity index is 1.59. The van der Waals surface area contributed by atoms with Crippen LogP contribution in [0.4, 0.5) is 0 Å². The van der Waals surface area contributed by atoms with E-state index in [2.05, 4.69) is 129 Å². The zero-order valence-corrected chi connectivity index (χ0v) is 23.6. The molecule has 2 saturated carbocycles. The minimum atomic E-state index is -0.198. The molecule has 0 aliphatic heterocycles. The molecule has 40 heavy (non-hydrogen) atoms. The third-order valence-corrected chi connectivity index (χ3v) is 9.50. The van der Waals surface area contributed by atoms with E-state index in [1.807, 2.05) is 0 Å². The molecule has 4 aromatic carbocycles. The van der Waals surface area contributed by atoms with Gasteiger partial charge in [-0.3, -0.25) is 0 Å². The van der Waals surface area contributed by atoms with Crippen LogP contribution in [0.25, 0.3) is 11.1 Å². The van der Waals surface area contributed by atoms with Crippen molar-refractivity contribution in [1.82, 2.24) is 0 Å². The highest BCUT2D eigenvalue weighted by Crippen LogP contribution is 2.63. The van der Waals surface area contributed by atoms with Crippen molar-refractivity contribution in [3.05, 3.63) is 153 Å². The maximum atomic E-state index is 3.81. The Hall–Kier alpha value is -4.08. The van der Waals surface area contributed by atoms with Gasteiger partial charge in [0.15, 0.2) is 0 Å². The Labute approximate surface area is 239 Å². The molecular weight excluding hydrogens is 480 g/mol. The first-order valence-corrected chi connectivity index (χ1v) is 14.9. The number of hydrogen-bond donors (Lipinski definition) is 0. The number of allylic oxidation sites excluding steroid dienone is 4. The smallest absolute Gasteiger partial charge is 0.0504 e. The molecule has 3 aliphatic rings. The fourth-order valence-corrected chi connectivity index (χ4v) is 7.09. The fourth-order valence-electron chi connectivity index (χ4n) is 7.09. The topological polar surface area (TPSA) is 0 Å². The van der Waals surface area contributed by atoms with Crippen molar-refractivity contribution in [2.24, 2.45) is 5.92 Å². The molecule has 4 aromatic rings. The summed E-state index contributed by atoms with van der Waals surface area (Å²) in [5, 5.41) is 0. The number of rotatable bonds is 4. The maximum absolute atomic E-state index is 3.81. The van der Waals surface area contributed by atoms with Gasteiger partial charge in [0.05, 0.1) is 5.41 Å². The summed E-state index contributed by atoms with van der Waals surface area (Å²) in [5.41, 5.74) is 14.7. The summed E-state index contributed by atoms with van der Waals surface area (Å²) in [6.45, 7) is 4.32. The molecule has 0 nitrogen and oxygen atoms in total. The second kappa shape index (κ2) is 10.1. The fraction of sp³-hybridized carbons (Fsp3) is 0.250. The summed E-state index contributed by atoms with van der Waals surface area (Å²) in [4.78, 5) is 0. The molecule has 1 unspecified atom stereocenters. The van der Waals surface area contributed by atoms with Crippen LogP contribution in [0.1, 0.15) is 77.5 Å². The normalized spacial score (nSPS) is 19.8. The van der Waals surface area contributed by atoms with E-state index in [1.165, 1.54) is 88.6 Å². The molecule has 196 valence electrons. The second-order valence-electron chi connectivity index (χ2n) is 11.9. The third-order valence-electron chi connectivity index (χ3n) is 9.50. The van der Waals surface area contributed by atoms with Crippen molar-refractivity contribution in [3.8, 4) is 11.8 Å². The Bertz CT molecular complexity index is 1670. The zero-order chi connectivity index (χ0) is 27.1. The lowest BCUT2D eigenvalue weighted by atomic mass is 9.55. The molecule has 0 radical (unpaired) electrons. The summed E-state index contributed by atoms with van der Waals surface area (Å²) in [7, 11) is 0. The van der Waals surface area contributed by atoms with Gasteiger partial charge in [0.25, 0.3) is 0 Å². The molecule has 0 saturated heterocycles. The van der Waals surface area contributed by atoms with Crippen LogP contribution in [-0.4, -0.2) is 0 Å². The van der Waals surface area contributed by atoms with Crippen LogP contribution in [0.2, 0.25) is 0 Å². The van der Waals surface area contributed by atoms with Gasteiger partial charge < -0.3 is 0 Å². The molecule has 0 aromatic heterocycles. The molecule has 0 heteroatoms. The van der Waals surface area contributed by atoms with Gasteiger partial charge in [0, 0.05) is 11.1 Å². The van der Waals surface area contributed by atoms with Crippen molar-refractivity contribution < 1.29 is 0 Å². The molecule has 7 rings (SSSR count). The van der Waals surface area contributed by atoms with Crippen LogP contribution in [0, 0.1) is 31.6 Å². The lowest BCUT2D eigenvalue weighted by molar-refractivity contribution is 0.230. The highest BCUT2D eigenvalue weighted by Gasteiger charge is 2.54. The van der Waals surface area contributed by atoms with Crippen LogP contribution >= 0.6 is 0 Å². The Morgan fingerprint density at radius 1 is 0.675 bits per heavy atom. The van der Waals surface area contributed by atoms with E-state index >= 15 is 0 Å². The zero-order valence-electron chi connectivity index (χ0n) is 23.6. The van der Waals surface area contributed by atoms with E-state index in [1.54, 1.807) is 5.57 Å². The molecular formula is C40H36. The lowest BCUT2D eigenvalue weighted by Gasteiger charge is -2.47. The Kier molecular flexibility index (Phi) is 6.32. The van der Waals surface area contributed by atoms with Crippen molar-refractivity contribution in [2.45, 2.75) is 57.8 Å². The quantitative estimate of drug-likeness (QED) is 0.237. The van der Waals surface area contributed by atoms with Crippen LogP contribution in [0.5, 0.6) is 0 Å². The van der Waals surface area contributed by atoms with Gasteiger partial charge in [0.2, 0.25) is 0 Å². The van der Waals surface area contributed by atoms with Gasteiger partial charge in [-0.1, -0.05) is 126 Å². The highest BCUT2D eigenvalue weighted by molar-refractivity contribution is 6.04. The summed E-state index contributed by atoms with van der Waals surface area (Å²) in [6, 6.07) is 38.5. The molecule has 3 aliphatic carbocycles. The monoisotopic (exact) mass is 516 g/mol. The minimum absolute atomic E-state index is 0.198. The molecule has 0 N–H and O–H groups in total. The standard InChI is InChI=1S/C40H36/c1-28-18-22-30(23-19-28)24-27-36-35-16-6-7-17-37(35)40(34-14-9-15-34,33-12-4-3-5-13-33)39(36)38(31-10-8-11-31)32-25-20-29(2)21-26-32/h3-7,12-13,16-23,25-26,34H,8-11,14-15H2,1-2H3. The molecule has 0 heterocycles. The van der Waals surface area contributed by atoms with Gasteiger partial charge in [-0.25, -0.2) is 0 Å². The summed E-state index contributed by atoms with van der Waals surface area (Å²) in [5.74, 6) is 7.98. The van der Waals surface area contributed by atoms with E-state index in [9.17, 15) is 0 Å². The molecule has 2 fully saturated rings. The van der Waals surface area contributed by atoms with Crippen molar-refractivity contribution in [1.29, 1.82) is 0 Å². The van der Waals surface area contributed by atoms with E-state index in [4.69, 9.17) is 0 Å². The minimum Gasteiger partial charge on any atom is -0.0622 e. The van der Waals surface area contributed by atoms with Crippen LogP contribution in [0.3, 0.4) is 0 Å². The van der Waals surface area contributed by atoms with Crippen LogP contribution < -0.4 is 0 Å².